The van der Waals surface area contributed by atoms with E-state index in [9.17, 15) is 9.59 Å². The van der Waals surface area contributed by atoms with Crippen molar-refractivity contribution < 1.29 is 14.1 Å². The lowest BCUT2D eigenvalue weighted by molar-refractivity contribution is -0.912. The Hall–Kier alpha value is -1.36. The monoisotopic (exact) mass is 364 g/mol. The number of allylic oxidation sites excluding steroid dienone is 2. The van der Waals surface area contributed by atoms with Gasteiger partial charge in [-0.25, -0.2) is 0 Å². The Labute approximate surface area is 159 Å². The molecule has 2 amide bonds. The summed E-state index contributed by atoms with van der Waals surface area (Å²) in [6.07, 6.45) is 3.53. The zero-order valence-electron chi connectivity index (χ0n) is 17.6. The first-order valence-electron chi connectivity index (χ1n) is 10.1. The van der Waals surface area contributed by atoms with E-state index in [1.54, 1.807) is 13.8 Å². The Balaban J connectivity index is 1.93. The van der Waals surface area contributed by atoms with Gasteiger partial charge >= 0.3 is 0 Å². The third-order valence-electron chi connectivity index (χ3n) is 6.65. The van der Waals surface area contributed by atoms with E-state index in [1.807, 2.05) is 4.90 Å². The minimum atomic E-state index is 0.172. The van der Waals surface area contributed by atoms with Crippen LogP contribution >= 0.6 is 0 Å². The summed E-state index contributed by atoms with van der Waals surface area (Å²) < 4.78 is 0.947. The minimum Gasteiger partial charge on any atom is -0.337 e. The second-order valence-electron chi connectivity index (χ2n) is 8.98. The average molecular weight is 365 g/mol. The van der Waals surface area contributed by atoms with E-state index in [2.05, 4.69) is 38.8 Å². The van der Waals surface area contributed by atoms with Crippen LogP contribution in [0.5, 0.6) is 0 Å². The summed E-state index contributed by atoms with van der Waals surface area (Å²) in [4.78, 5) is 27.8. The summed E-state index contributed by atoms with van der Waals surface area (Å²) in [5, 5.41) is 0. The van der Waals surface area contributed by atoms with Gasteiger partial charge in [0, 0.05) is 20.4 Å². The Morgan fingerprint density at radius 2 is 1.85 bits per heavy atom. The first-order valence-corrected chi connectivity index (χ1v) is 10.1. The summed E-state index contributed by atoms with van der Waals surface area (Å²) in [6.45, 7) is 16.4. The fraction of sp³-hybridized carbons (Fsp3) is 0.810. The van der Waals surface area contributed by atoms with Crippen LogP contribution in [0, 0.1) is 17.8 Å². The molecule has 3 atom stereocenters. The van der Waals surface area contributed by atoms with Crippen LogP contribution in [0.2, 0.25) is 0 Å². The molecule has 1 aliphatic carbocycles. The third kappa shape index (κ3) is 5.32. The van der Waals surface area contributed by atoms with Gasteiger partial charge in [0.2, 0.25) is 11.8 Å². The van der Waals surface area contributed by atoms with Crippen LogP contribution in [0.4, 0.5) is 0 Å². The summed E-state index contributed by atoms with van der Waals surface area (Å²) >= 11 is 0. The molecule has 0 saturated carbocycles. The van der Waals surface area contributed by atoms with Gasteiger partial charge in [0.15, 0.2) is 0 Å². The number of likely N-dealkylation sites (N-methyl/N-ethyl adjacent to an activating group) is 1. The first-order chi connectivity index (χ1) is 12.1. The summed E-state index contributed by atoms with van der Waals surface area (Å²) in [5.74, 6) is 2.06. The van der Waals surface area contributed by atoms with Crippen molar-refractivity contribution in [2.24, 2.45) is 17.8 Å². The fourth-order valence-corrected chi connectivity index (χ4v) is 4.64. The quantitative estimate of drug-likeness (QED) is 0.555. The van der Waals surface area contributed by atoms with Crippen molar-refractivity contribution in [3.63, 3.8) is 0 Å². The second kappa shape index (κ2) is 8.55. The highest BCUT2D eigenvalue weighted by Gasteiger charge is 2.32. The molecule has 0 aromatic heterocycles. The number of amides is 2. The Morgan fingerprint density at radius 1 is 1.23 bits per heavy atom. The average Bonchev–Trinajstić information content (AvgIpc) is 2.53. The Bertz CT molecular complexity index is 549. The highest BCUT2D eigenvalue weighted by molar-refractivity contribution is 5.73. The Morgan fingerprint density at radius 3 is 2.35 bits per heavy atom. The first kappa shape index (κ1) is 20.9. The molecular formula is C21H38N3O2+. The zero-order chi connectivity index (χ0) is 19.5. The molecular weight excluding hydrogens is 326 g/mol. The highest BCUT2D eigenvalue weighted by Crippen LogP contribution is 2.34. The lowest BCUT2D eigenvalue weighted by Gasteiger charge is -2.43. The van der Waals surface area contributed by atoms with E-state index >= 15 is 0 Å². The molecule has 0 radical (unpaired) electrons. The molecule has 2 rings (SSSR count). The summed E-state index contributed by atoms with van der Waals surface area (Å²) in [6, 6.07) is 0. The number of quaternary nitrogens is 1. The molecule has 1 saturated heterocycles. The van der Waals surface area contributed by atoms with E-state index in [0.29, 0.717) is 17.8 Å². The number of hydrogen-bond acceptors (Lipinski definition) is 2. The van der Waals surface area contributed by atoms with E-state index in [1.165, 1.54) is 5.57 Å². The Kier molecular flexibility index (Phi) is 6.89. The molecule has 1 aliphatic heterocycles. The van der Waals surface area contributed by atoms with Crippen molar-refractivity contribution in [3.05, 3.63) is 11.6 Å². The van der Waals surface area contributed by atoms with E-state index in [4.69, 9.17) is 0 Å². The summed E-state index contributed by atoms with van der Waals surface area (Å²) in [5.41, 5.74) is 1.48. The van der Waals surface area contributed by atoms with Gasteiger partial charge in [-0.2, -0.15) is 0 Å². The van der Waals surface area contributed by atoms with Crippen LogP contribution < -0.4 is 0 Å². The number of piperazine rings is 1. The predicted molar refractivity (Wildman–Crippen MR) is 105 cm³/mol. The number of carbonyl (C=O) groups excluding carboxylic acids is 2. The zero-order valence-corrected chi connectivity index (χ0v) is 17.6. The normalized spacial score (nSPS) is 28.5. The van der Waals surface area contributed by atoms with Gasteiger partial charge < -0.3 is 14.3 Å². The van der Waals surface area contributed by atoms with Gasteiger partial charge in [-0.15, -0.1) is 0 Å². The smallest absolute Gasteiger partial charge is 0.219 e. The van der Waals surface area contributed by atoms with E-state index in [-0.39, 0.29) is 11.8 Å². The van der Waals surface area contributed by atoms with Gasteiger partial charge in [-0.1, -0.05) is 25.5 Å². The lowest BCUT2D eigenvalue weighted by atomic mass is 9.75. The van der Waals surface area contributed by atoms with Crippen molar-refractivity contribution in [3.8, 4) is 0 Å². The molecule has 5 nitrogen and oxygen atoms in total. The van der Waals surface area contributed by atoms with Gasteiger partial charge in [-0.3, -0.25) is 9.59 Å². The van der Waals surface area contributed by atoms with Crippen molar-refractivity contribution in [2.75, 3.05) is 52.9 Å². The van der Waals surface area contributed by atoms with Gasteiger partial charge in [0.1, 0.15) is 0 Å². The van der Waals surface area contributed by atoms with Gasteiger partial charge in [-0.05, 0) is 31.1 Å². The van der Waals surface area contributed by atoms with Crippen LogP contribution in [-0.2, 0) is 9.59 Å². The van der Waals surface area contributed by atoms with E-state index in [0.717, 1.165) is 56.7 Å². The molecule has 0 N–H and O–H groups in total. The van der Waals surface area contributed by atoms with Crippen LogP contribution in [0.1, 0.15) is 41.0 Å². The largest absolute Gasteiger partial charge is 0.337 e. The molecule has 0 spiro atoms. The molecule has 0 aromatic rings. The van der Waals surface area contributed by atoms with Crippen molar-refractivity contribution in [1.29, 1.82) is 0 Å². The molecule has 0 bridgehead atoms. The van der Waals surface area contributed by atoms with Crippen LogP contribution in [0.3, 0.4) is 0 Å². The third-order valence-corrected chi connectivity index (χ3v) is 6.65. The molecule has 3 unspecified atom stereocenters. The number of nitrogens with zero attached hydrogens (tertiary/aromatic N) is 3. The standard InChI is InChI=1S/C21H38N3O2/c1-16-13-17(2)21(18(3)14-16)15-23(20(5)26)9-12-24(6)10-7-22(8-11-24)19(4)25/h13,17-18,21H,7-12,14-15H2,1-6H3/q+1. The van der Waals surface area contributed by atoms with Crippen molar-refractivity contribution in [1.82, 2.24) is 9.80 Å². The molecule has 26 heavy (non-hydrogen) atoms. The van der Waals surface area contributed by atoms with Crippen LogP contribution in [-0.4, -0.2) is 79.0 Å². The molecule has 2 aliphatic rings. The van der Waals surface area contributed by atoms with Crippen molar-refractivity contribution in [2.45, 2.75) is 41.0 Å². The molecule has 148 valence electrons. The van der Waals surface area contributed by atoms with Gasteiger partial charge in [0.05, 0.1) is 46.3 Å². The number of carbonyl (C=O) groups is 2. The lowest BCUT2D eigenvalue weighted by Crippen LogP contribution is -2.60. The van der Waals surface area contributed by atoms with Crippen molar-refractivity contribution >= 4 is 11.8 Å². The fourth-order valence-electron chi connectivity index (χ4n) is 4.64. The maximum atomic E-state index is 12.3. The predicted octanol–water partition coefficient (Wildman–Crippen LogP) is 2.38. The highest BCUT2D eigenvalue weighted by atomic mass is 16.2. The maximum absolute atomic E-state index is 12.3. The maximum Gasteiger partial charge on any atom is 0.219 e. The number of hydrogen-bond donors (Lipinski definition) is 0. The molecule has 0 aromatic carbocycles. The summed E-state index contributed by atoms with van der Waals surface area (Å²) in [7, 11) is 2.26. The molecule has 1 fully saturated rings. The second-order valence-corrected chi connectivity index (χ2v) is 8.98. The minimum absolute atomic E-state index is 0.172. The van der Waals surface area contributed by atoms with E-state index < -0.39 is 0 Å². The topological polar surface area (TPSA) is 40.6 Å². The van der Waals surface area contributed by atoms with Crippen LogP contribution in [0.15, 0.2) is 11.6 Å². The number of rotatable bonds is 5. The van der Waals surface area contributed by atoms with Crippen LogP contribution in [0.25, 0.3) is 0 Å². The SMILES string of the molecule is CC(=O)N1CC[N+](C)(CCN(CC2C(C)C=C(C)CC2C)C(C)=O)CC1. The molecule has 1 heterocycles. The van der Waals surface area contributed by atoms with Gasteiger partial charge in [0.25, 0.3) is 0 Å². The molecule has 5 heteroatoms.